The highest BCUT2D eigenvalue weighted by Crippen LogP contribution is 2.52. The van der Waals surface area contributed by atoms with E-state index >= 15 is 0 Å². The summed E-state index contributed by atoms with van der Waals surface area (Å²) in [5, 5.41) is 3.49. The number of hydrogen-bond donors (Lipinski definition) is 1. The number of fused-ring (bicyclic) bond motifs is 2. The lowest BCUT2D eigenvalue weighted by Crippen LogP contribution is -2.38. The van der Waals surface area contributed by atoms with E-state index in [1.807, 2.05) is 32.0 Å². The average Bonchev–Trinajstić information content (AvgIpc) is 2.97. The van der Waals surface area contributed by atoms with Crippen molar-refractivity contribution < 1.29 is 14.3 Å². The van der Waals surface area contributed by atoms with Crippen molar-refractivity contribution in [1.29, 1.82) is 0 Å². The maximum absolute atomic E-state index is 12.1. The van der Waals surface area contributed by atoms with E-state index in [0.717, 1.165) is 53.7 Å². The van der Waals surface area contributed by atoms with Crippen molar-refractivity contribution in [1.82, 2.24) is 5.32 Å². The second-order valence-corrected chi connectivity index (χ2v) is 9.02. The third-order valence-corrected chi connectivity index (χ3v) is 6.82. The van der Waals surface area contributed by atoms with Gasteiger partial charge in [-0.3, -0.25) is 4.79 Å². The number of carbonyl (C=O) groups is 1. The third kappa shape index (κ3) is 4.08. The molecule has 1 N–H and O–H groups in total. The van der Waals surface area contributed by atoms with Gasteiger partial charge in [-0.1, -0.05) is 34.1 Å². The van der Waals surface area contributed by atoms with Crippen LogP contribution in [0.25, 0.3) is 0 Å². The minimum atomic E-state index is -0.212. The Kier molecular flexibility index (Phi) is 5.98. The monoisotopic (exact) mass is 457 g/mol. The van der Waals surface area contributed by atoms with Crippen LogP contribution in [0.5, 0.6) is 5.75 Å². The smallest absolute Gasteiger partial charge is 0.310 e. The third-order valence-electron chi connectivity index (χ3n) is 6.33. The van der Waals surface area contributed by atoms with Gasteiger partial charge in [0, 0.05) is 15.5 Å². The van der Waals surface area contributed by atoms with Crippen molar-refractivity contribution in [2.75, 3.05) is 19.7 Å². The van der Waals surface area contributed by atoms with Crippen molar-refractivity contribution in [3.8, 4) is 5.75 Å². The van der Waals surface area contributed by atoms with E-state index in [2.05, 4.69) is 39.4 Å². The highest BCUT2D eigenvalue weighted by molar-refractivity contribution is 9.10. The van der Waals surface area contributed by atoms with Gasteiger partial charge in [0.1, 0.15) is 11.9 Å². The number of rotatable bonds is 5. The molecule has 2 aromatic rings. The summed E-state index contributed by atoms with van der Waals surface area (Å²) in [7, 11) is 0. The van der Waals surface area contributed by atoms with Crippen LogP contribution < -0.4 is 10.1 Å². The number of carbonyl (C=O) groups excluding carboxylic acids is 1. The van der Waals surface area contributed by atoms with Gasteiger partial charge in [0.25, 0.3) is 0 Å². The molecule has 0 amide bonds. The number of nitrogens with one attached hydrogen (secondary N) is 1. The molecular formula is C24H28BrNO3. The number of benzene rings is 2. The molecule has 0 aromatic heterocycles. The van der Waals surface area contributed by atoms with Crippen LogP contribution in [-0.2, 0) is 21.4 Å². The summed E-state index contributed by atoms with van der Waals surface area (Å²) in [5.74, 6) is 0.580. The molecule has 154 valence electrons. The molecule has 1 aliphatic carbocycles. The minimum Gasteiger partial charge on any atom is -0.485 e. The van der Waals surface area contributed by atoms with E-state index in [1.165, 1.54) is 11.1 Å². The van der Waals surface area contributed by atoms with E-state index in [0.29, 0.717) is 6.61 Å². The van der Waals surface area contributed by atoms with Gasteiger partial charge >= 0.3 is 5.97 Å². The Balaban J connectivity index is 1.66. The van der Waals surface area contributed by atoms with E-state index in [4.69, 9.17) is 9.47 Å². The molecule has 29 heavy (non-hydrogen) atoms. The largest absolute Gasteiger partial charge is 0.485 e. The Bertz CT molecular complexity index is 905. The first-order valence-electron chi connectivity index (χ1n) is 10.4. The van der Waals surface area contributed by atoms with Crippen molar-refractivity contribution in [3.05, 3.63) is 63.1 Å². The summed E-state index contributed by atoms with van der Waals surface area (Å²) in [6, 6.07) is 12.6. The van der Waals surface area contributed by atoms with Crippen LogP contribution in [0.4, 0.5) is 0 Å². The van der Waals surface area contributed by atoms with Gasteiger partial charge in [0.05, 0.1) is 13.0 Å². The molecule has 1 unspecified atom stereocenters. The minimum absolute atomic E-state index is 0.0108. The van der Waals surface area contributed by atoms with Gasteiger partial charge in [-0.2, -0.15) is 0 Å². The van der Waals surface area contributed by atoms with Crippen LogP contribution in [0.15, 0.2) is 40.9 Å². The molecule has 0 bridgehead atoms. The first kappa shape index (κ1) is 20.4. The van der Waals surface area contributed by atoms with Gasteiger partial charge in [-0.05, 0) is 81.1 Å². The van der Waals surface area contributed by atoms with Crippen LogP contribution >= 0.6 is 15.9 Å². The molecule has 1 atom stereocenters. The summed E-state index contributed by atoms with van der Waals surface area (Å²) in [5.41, 5.74) is 4.85. The maximum atomic E-state index is 12.1. The van der Waals surface area contributed by atoms with Gasteiger partial charge in [-0.15, -0.1) is 0 Å². The highest BCUT2D eigenvalue weighted by atomic mass is 79.9. The normalized spacial score (nSPS) is 19.8. The predicted octanol–water partition coefficient (Wildman–Crippen LogP) is 5.01. The highest BCUT2D eigenvalue weighted by Gasteiger charge is 2.45. The summed E-state index contributed by atoms with van der Waals surface area (Å²) in [4.78, 5) is 12.1. The first-order valence-corrected chi connectivity index (χ1v) is 11.2. The number of piperidine rings is 1. The summed E-state index contributed by atoms with van der Waals surface area (Å²) in [6.45, 7) is 6.33. The molecule has 5 heteroatoms. The number of halogens is 1. The van der Waals surface area contributed by atoms with Crippen LogP contribution in [0.3, 0.4) is 0 Å². The number of hydrogen-bond acceptors (Lipinski definition) is 4. The maximum Gasteiger partial charge on any atom is 0.310 e. The topological polar surface area (TPSA) is 47.6 Å². The lowest BCUT2D eigenvalue weighted by molar-refractivity contribution is -0.142. The first-order chi connectivity index (χ1) is 14.0. The van der Waals surface area contributed by atoms with Gasteiger partial charge in [-0.25, -0.2) is 0 Å². The Hall–Kier alpha value is -1.85. The van der Waals surface area contributed by atoms with Crippen molar-refractivity contribution >= 4 is 21.9 Å². The second kappa shape index (κ2) is 8.49. The molecule has 4 nitrogen and oxygen atoms in total. The van der Waals surface area contributed by atoms with Crippen molar-refractivity contribution in [2.45, 2.75) is 51.0 Å². The Morgan fingerprint density at radius 2 is 2.03 bits per heavy atom. The predicted molar refractivity (Wildman–Crippen MR) is 117 cm³/mol. The SMILES string of the molecule is CCOC(=O)Cc1c(C)cccc1OC1CC2(CCNCC2)c2ccc(Br)cc21. The van der Waals surface area contributed by atoms with Crippen LogP contribution in [0.1, 0.15) is 54.5 Å². The average molecular weight is 458 g/mol. The molecular weight excluding hydrogens is 430 g/mol. The molecule has 0 saturated carbocycles. The standard InChI is InChI=1S/C24H28BrNO3/c1-3-28-23(27)14-18-16(2)5-4-6-21(18)29-22-15-24(9-11-26-12-10-24)20-8-7-17(25)13-19(20)22/h4-8,13,22,26H,3,9-12,14-15H2,1-2H3. The Morgan fingerprint density at radius 3 is 2.79 bits per heavy atom. The molecule has 1 heterocycles. The van der Waals surface area contributed by atoms with Gasteiger partial charge in [0.15, 0.2) is 0 Å². The summed E-state index contributed by atoms with van der Waals surface area (Å²) in [6.07, 6.45) is 3.47. The van der Waals surface area contributed by atoms with Crippen molar-refractivity contribution in [2.24, 2.45) is 0 Å². The molecule has 0 radical (unpaired) electrons. The van der Waals surface area contributed by atoms with Gasteiger partial charge in [0.2, 0.25) is 0 Å². The van der Waals surface area contributed by atoms with Crippen molar-refractivity contribution in [3.63, 3.8) is 0 Å². The zero-order valence-corrected chi connectivity index (χ0v) is 18.7. The Morgan fingerprint density at radius 1 is 1.24 bits per heavy atom. The summed E-state index contributed by atoms with van der Waals surface area (Å²) < 4.78 is 12.9. The zero-order valence-electron chi connectivity index (χ0n) is 17.1. The molecule has 2 aliphatic rings. The van der Waals surface area contributed by atoms with E-state index in [-0.39, 0.29) is 23.9 Å². The quantitative estimate of drug-likeness (QED) is 0.641. The molecule has 1 saturated heterocycles. The fraction of sp³-hybridized carbons (Fsp3) is 0.458. The lowest BCUT2D eigenvalue weighted by atomic mass is 9.74. The van der Waals surface area contributed by atoms with E-state index in [1.54, 1.807) is 0 Å². The summed E-state index contributed by atoms with van der Waals surface area (Å²) >= 11 is 3.64. The molecule has 2 aromatic carbocycles. The second-order valence-electron chi connectivity index (χ2n) is 8.11. The fourth-order valence-electron chi connectivity index (χ4n) is 4.86. The lowest BCUT2D eigenvalue weighted by Gasteiger charge is -2.35. The number of esters is 1. The number of ether oxygens (including phenoxy) is 2. The van der Waals surface area contributed by atoms with Crippen LogP contribution in [0, 0.1) is 6.92 Å². The zero-order chi connectivity index (χ0) is 20.4. The van der Waals surface area contributed by atoms with E-state index in [9.17, 15) is 4.79 Å². The van der Waals surface area contributed by atoms with E-state index < -0.39 is 0 Å². The van der Waals surface area contributed by atoms with Gasteiger partial charge < -0.3 is 14.8 Å². The molecule has 1 aliphatic heterocycles. The number of aryl methyl sites for hydroxylation is 1. The molecule has 1 fully saturated rings. The molecule has 1 spiro atoms. The van der Waals surface area contributed by atoms with Crippen LogP contribution in [-0.4, -0.2) is 25.7 Å². The molecule has 4 rings (SSSR count). The fourth-order valence-corrected chi connectivity index (χ4v) is 5.24. The Labute approximate surface area is 181 Å². The van der Waals surface area contributed by atoms with Crippen LogP contribution in [0.2, 0.25) is 0 Å².